The summed E-state index contributed by atoms with van der Waals surface area (Å²) in [7, 11) is 1.87. The quantitative estimate of drug-likeness (QED) is 0.829. The van der Waals surface area contributed by atoms with Gasteiger partial charge in [0.1, 0.15) is 0 Å². The van der Waals surface area contributed by atoms with E-state index in [1.54, 1.807) is 0 Å². The molecular weight excluding hydrogens is 220 g/mol. The number of morpholine rings is 1. The van der Waals surface area contributed by atoms with Crippen molar-refractivity contribution in [3.8, 4) is 0 Å². The van der Waals surface area contributed by atoms with Gasteiger partial charge in [0.2, 0.25) is 5.89 Å². The minimum absolute atomic E-state index is 0.350. The molecule has 1 saturated carbocycles. The lowest BCUT2D eigenvalue weighted by atomic mass is 10.1. The van der Waals surface area contributed by atoms with Gasteiger partial charge >= 0.3 is 6.01 Å². The molecule has 1 aromatic rings. The van der Waals surface area contributed by atoms with Crippen LogP contribution in [-0.4, -0.2) is 42.5 Å². The Balaban J connectivity index is 1.77. The molecular formula is C11H18N4O2. The molecule has 1 saturated heterocycles. The monoisotopic (exact) mass is 238 g/mol. The summed E-state index contributed by atoms with van der Waals surface area (Å²) in [5, 5.41) is 11.2. The van der Waals surface area contributed by atoms with E-state index in [4.69, 9.17) is 9.15 Å². The van der Waals surface area contributed by atoms with E-state index in [1.165, 1.54) is 6.42 Å². The van der Waals surface area contributed by atoms with E-state index in [0.717, 1.165) is 26.0 Å². The molecule has 0 bridgehead atoms. The molecule has 3 rings (SSSR count). The summed E-state index contributed by atoms with van der Waals surface area (Å²) in [5.74, 6) is 0.642. The van der Waals surface area contributed by atoms with Crippen molar-refractivity contribution in [1.82, 2.24) is 15.5 Å². The second-order valence-electron chi connectivity index (χ2n) is 4.61. The van der Waals surface area contributed by atoms with Crippen LogP contribution in [0.3, 0.4) is 0 Å². The van der Waals surface area contributed by atoms with Crippen LogP contribution < -0.4 is 10.2 Å². The molecule has 2 atom stereocenters. The van der Waals surface area contributed by atoms with Gasteiger partial charge in [-0.1, -0.05) is 5.10 Å². The van der Waals surface area contributed by atoms with Gasteiger partial charge in [-0.3, -0.25) is 0 Å². The fraction of sp³-hybridized carbons (Fsp3) is 0.818. The number of nitrogens with one attached hydrogen (secondary N) is 1. The van der Waals surface area contributed by atoms with Crippen molar-refractivity contribution in [2.75, 3.05) is 25.1 Å². The molecule has 1 N–H and O–H groups in total. The molecule has 1 aliphatic heterocycles. The molecule has 2 fully saturated rings. The molecule has 0 spiro atoms. The minimum atomic E-state index is 0.350. The highest BCUT2D eigenvalue weighted by atomic mass is 16.5. The summed E-state index contributed by atoms with van der Waals surface area (Å²) in [6.07, 6.45) is 3.89. The van der Waals surface area contributed by atoms with Crippen LogP contribution in [0.2, 0.25) is 0 Å². The molecule has 0 amide bonds. The predicted molar refractivity (Wildman–Crippen MR) is 61.8 cm³/mol. The lowest BCUT2D eigenvalue weighted by molar-refractivity contribution is 0.0235. The van der Waals surface area contributed by atoms with Gasteiger partial charge in [0.15, 0.2) is 0 Å². The topological polar surface area (TPSA) is 63.4 Å². The van der Waals surface area contributed by atoms with Crippen molar-refractivity contribution in [2.45, 2.75) is 38.0 Å². The summed E-state index contributed by atoms with van der Waals surface area (Å²) in [5.41, 5.74) is 0. The summed E-state index contributed by atoms with van der Waals surface area (Å²) < 4.78 is 11.4. The number of nitrogens with zero attached hydrogens (tertiary/aromatic N) is 3. The van der Waals surface area contributed by atoms with Crippen molar-refractivity contribution in [3.63, 3.8) is 0 Å². The summed E-state index contributed by atoms with van der Waals surface area (Å²) >= 11 is 0. The van der Waals surface area contributed by atoms with Crippen molar-refractivity contribution in [2.24, 2.45) is 0 Å². The van der Waals surface area contributed by atoms with E-state index in [1.807, 2.05) is 7.05 Å². The Morgan fingerprint density at radius 2 is 2.35 bits per heavy atom. The molecule has 94 valence electrons. The largest absolute Gasteiger partial charge is 0.407 e. The van der Waals surface area contributed by atoms with Gasteiger partial charge in [0, 0.05) is 6.54 Å². The fourth-order valence-electron chi connectivity index (χ4n) is 2.75. The second kappa shape index (κ2) is 4.62. The average Bonchev–Trinajstić information content (AvgIpc) is 2.96. The first-order chi connectivity index (χ1) is 8.38. The van der Waals surface area contributed by atoms with Gasteiger partial charge < -0.3 is 19.4 Å². The van der Waals surface area contributed by atoms with Gasteiger partial charge in [0.05, 0.1) is 25.3 Å². The van der Waals surface area contributed by atoms with E-state index >= 15 is 0 Å². The van der Waals surface area contributed by atoms with Crippen molar-refractivity contribution in [3.05, 3.63) is 5.89 Å². The molecule has 0 radical (unpaired) electrons. The predicted octanol–water partition coefficient (Wildman–Crippen LogP) is 0.547. The smallest absolute Gasteiger partial charge is 0.318 e. The van der Waals surface area contributed by atoms with Gasteiger partial charge in [-0.15, -0.1) is 5.10 Å². The Morgan fingerprint density at radius 1 is 1.41 bits per heavy atom. The van der Waals surface area contributed by atoms with Crippen LogP contribution in [0.5, 0.6) is 0 Å². The van der Waals surface area contributed by atoms with Crippen LogP contribution in [0.1, 0.15) is 25.2 Å². The van der Waals surface area contributed by atoms with Crippen LogP contribution in [0.4, 0.5) is 6.01 Å². The summed E-state index contributed by atoms with van der Waals surface area (Å²) in [4.78, 5) is 2.22. The molecule has 17 heavy (non-hydrogen) atoms. The van der Waals surface area contributed by atoms with E-state index in [2.05, 4.69) is 20.4 Å². The van der Waals surface area contributed by atoms with Crippen molar-refractivity contribution < 1.29 is 9.15 Å². The normalized spacial score (nSPS) is 28.4. The lowest BCUT2D eigenvalue weighted by Crippen LogP contribution is -2.48. The second-order valence-corrected chi connectivity index (χ2v) is 4.61. The average molecular weight is 238 g/mol. The number of rotatable bonds is 3. The third kappa shape index (κ3) is 2.02. The lowest BCUT2D eigenvalue weighted by Gasteiger charge is -2.36. The Hall–Kier alpha value is -1.14. The van der Waals surface area contributed by atoms with Crippen LogP contribution in [0.15, 0.2) is 4.42 Å². The highest BCUT2D eigenvalue weighted by Crippen LogP contribution is 2.32. The molecule has 2 aliphatic rings. The van der Waals surface area contributed by atoms with Crippen LogP contribution in [-0.2, 0) is 11.3 Å². The number of aromatic nitrogens is 2. The van der Waals surface area contributed by atoms with Gasteiger partial charge in [-0.05, 0) is 26.3 Å². The third-order valence-corrected chi connectivity index (χ3v) is 3.51. The molecule has 6 nitrogen and oxygen atoms in total. The Kier molecular flexibility index (Phi) is 2.98. The highest BCUT2D eigenvalue weighted by Gasteiger charge is 2.38. The fourth-order valence-corrected chi connectivity index (χ4v) is 2.75. The first kappa shape index (κ1) is 11.0. The maximum Gasteiger partial charge on any atom is 0.318 e. The molecule has 0 aromatic carbocycles. The van der Waals surface area contributed by atoms with Crippen LogP contribution >= 0.6 is 0 Å². The highest BCUT2D eigenvalue weighted by molar-refractivity contribution is 5.29. The number of ether oxygens (including phenoxy) is 1. The van der Waals surface area contributed by atoms with E-state index in [0.29, 0.717) is 30.6 Å². The van der Waals surface area contributed by atoms with Gasteiger partial charge in [-0.2, -0.15) is 0 Å². The summed E-state index contributed by atoms with van der Waals surface area (Å²) in [6.45, 7) is 2.22. The first-order valence-electron chi connectivity index (χ1n) is 6.23. The third-order valence-electron chi connectivity index (χ3n) is 3.51. The van der Waals surface area contributed by atoms with Crippen LogP contribution in [0.25, 0.3) is 0 Å². The number of hydrogen-bond acceptors (Lipinski definition) is 6. The van der Waals surface area contributed by atoms with Crippen molar-refractivity contribution >= 4 is 6.01 Å². The van der Waals surface area contributed by atoms with Gasteiger partial charge in [-0.25, -0.2) is 0 Å². The minimum Gasteiger partial charge on any atom is -0.407 e. The zero-order valence-corrected chi connectivity index (χ0v) is 10.1. The number of anilines is 1. The number of hydrogen-bond donors (Lipinski definition) is 1. The maximum absolute atomic E-state index is 5.76. The Morgan fingerprint density at radius 3 is 3.24 bits per heavy atom. The van der Waals surface area contributed by atoms with Crippen molar-refractivity contribution in [1.29, 1.82) is 0 Å². The first-order valence-corrected chi connectivity index (χ1v) is 6.23. The van der Waals surface area contributed by atoms with Crippen LogP contribution in [0, 0.1) is 0 Å². The van der Waals surface area contributed by atoms with E-state index in [9.17, 15) is 0 Å². The van der Waals surface area contributed by atoms with Gasteiger partial charge in [0.25, 0.3) is 0 Å². The van der Waals surface area contributed by atoms with E-state index in [-0.39, 0.29) is 0 Å². The number of fused-ring (bicyclic) bond motifs is 1. The Labute approximate surface area is 100 Å². The van der Waals surface area contributed by atoms with E-state index < -0.39 is 0 Å². The molecule has 1 aromatic heterocycles. The molecule has 1 aliphatic carbocycles. The molecule has 2 unspecified atom stereocenters. The molecule has 2 heterocycles. The summed E-state index contributed by atoms with van der Waals surface area (Å²) in [6, 6.07) is 1.07. The standard InChI is InChI=1S/C11H18N4O2/c1-12-7-10-13-14-11(17-10)15-5-6-16-9-4-2-3-8(9)15/h8-9,12H,2-7H2,1H3. The maximum atomic E-state index is 5.76. The Bertz CT molecular complexity index is 381. The molecule has 6 heteroatoms. The SMILES string of the molecule is CNCc1nnc(N2CCOC3CCCC32)o1. The zero-order valence-electron chi connectivity index (χ0n) is 10.1. The zero-order chi connectivity index (χ0) is 11.7.